The van der Waals surface area contributed by atoms with Crippen LogP contribution in [0.1, 0.15) is 26.0 Å². The highest BCUT2D eigenvalue weighted by Gasteiger charge is 2.16. The van der Waals surface area contributed by atoms with Crippen molar-refractivity contribution in [2.75, 3.05) is 20.3 Å². The standard InChI is InChI=1S/C13H18N2O3/c1-4-17-13(18-5-2)12-14-10-7-6-9(16-3)8-11(10)15-12/h6-8,13H,4-5H2,1-3H3,(H,14,15). The lowest BCUT2D eigenvalue weighted by Gasteiger charge is -2.13. The summed E-state index contributed by atoms with van der Waals surface area (Å²) in [4.78, 5) is 7.66. The minimum atomic E-state index is -0.446. The third kappa shape index (κ3) is 2.63. The van der Waals surface area contributed by atoms with Crippen LogP contribution in [0.5, 0.6) is 5.75 Å². The van der Waals surface area contributed by atoms with Crippen LogP contribution >= 0.6 is 0 Å². The molecule has 2 rings (SSSR count). The first-order chi connectivity index (χ1) is 8.78. The van der Waals surface area contributed by atoms with E-state index in [1.165, 1.54) is 0 Å². The molecule has 0 saturated heterocycles. The molecule has 0 aliphatic rings. The Kier molecular flexibility index (Phi) is 4.17. The SMILES string of the molecule is CCOC(OCC)c1nc2ccc(OC)cc2[nH]1. The van der Waals surface area contributed by atoms with Gasteiger partial charge in [-0.3, -0.25) is 0 Å². The number of nitrogens with one attached hydrogen (secondary N) is 1. The largest absolute Gasteiger partial charge is 0.497 e. The van der Waals surface area contributed by atoms with Crippen LogP contribution in [0.3, 0.4) is 0 Å². The van der Waals surface area contributed by atoms with Crippen molar-refractivity contribution in [1.82, 2.24) is 9.97 Å². The average Bonchev–Trinajstić information content (AvgIpc) is 2.81. The second-order valence-corrected chi connectivity index (χ2v) is 3.75. The molecule has 0 saturated carbocycles. The van der Waals surface area contributed by atoms with Gasteiger partial charge >= 0.3 is 0 Å². The molecular weight excluding hydrogens is 232 g/mol. The van der Waals surface area contributed by atoms with Crippen molar-refractivity contribution in [2.24, 2.45) is 0 Å². The van der Waals surface area contributed by atoms with Gasteiger partial charge in [0.05, 0.1) is 18.1 Å². The van der Waals surface area contributed by atoms with E-state index >= 15 is 0 Å². The molecule has 0 unspecified atom stereocenters. The minimum Gasteiger partial charge on any atom is -0.497 e. The van der Waals surface area contributed by atoms with Gasteiger partial charge in [0.2, 0.25) is 6.29 Å². The Hall–Kier alpha value is -1.59. The topological polar surface area (TPSA) is 56.4 Å². The van der Waals surface area contributed by atoms with E-state index in [2.05, 4.69) is 9.97 Å². The molecule has 98 valence electrons. The number of aromatic amines is 1. The molecule has 0 radical (unpaired) electrons. The summed E-state index contributed by atoms with van der Waals surface area (Å²) < 4.78 is 16.2. The van der Waals surface area contributed by atoms with E-state index < -0.39 is 6.29 Å². The van der Waals surface area contributed by atoms with Gasteiger partial charge in [0.1, 0.15) is 5.75 Å². The first-order valence-corrected chi connectivity index (χ1v) is 6.05. The van der Waals surface area contributed by atoms with E-state index in [4.69, 9.17) is 14.2 Å². The zero-order chi connectivity index (χ0) is 13.0. The molecule has 18 heavy (non-hydrogen) atoms. The lowest BCUT2D eigenvalue weighted by atomic mass is 10.3. The van der Waals surface area contributed by atoms with E-state index in [0.717, 1.165) is 16.8 Å². The van der Waals surface area contributed by atoms with E-state index in [0.29, 0.717) is 19.0 Å². The van der Waals surface area contributed by atoms with Gasteiger partial charge in [0.25, 0.3) is 0 Å². The van der Waals surface area contributed by atoms with Gasteiger partial charge in [-0.2, -0.15) is 0 Å². The Balaban J connectivity index is 2.32. The van der Waals surface area contributed by atoms with E-state index in [1.54, 1.807) is 7.11 Å². The van der Waals surface area contributed by atoms with Crippen molar-refractivity contribution in [3.05, 3.63) is 24.0 Å². The zero-order valence-corrected chi connectivity index (χ0v) is 10.9. The van der Waals surface area contributed by atoms with Crippen LogP contribution in [0, 0.1) is 0 Å². The summed E-state index contributed by atoms with van der Waals surface area (Å²) in [6, 6.07) is 5.69. The molecule has 1 heterocycles. The number of H-pyrrole nitrogens is 1. The lowest BCUT2D eigenvalue weighted by molar-refractivity contribution is -0.144. The molecule has 5 nitrogen and oxygen atoms in total. The zero-order valence-electron chi connectivity index (χ0n) is 10.9. The fraction of sp³-hybridized carbons (Fsp3) is 0.462. The summed E-state index contributed by atoms with van der Waals surface area (Å²) in [7, 11) is 1.64. The van der Waals surface area contributed by atoms with Crippen LogP contribution < -0.4 is 4.74 Å². The van der Waals surface area contributed by atoms with Crippen LogP contribution in [-0.2, 0) is 9.47 Å². The predicted molar refractivity (Wildman–Crippen MR) is 68.6 cm³/mol. The second kappa shape index (κ2) is 5.84. The number of imidazole rings is 1. The first kappa shape index (κ1) is 12.9. The summed E-state index contributed by atoms with van der Waals surface area (Å²) in [5, 5.41) is 0. The molecule has 0 amide bonds. The number of hydrogen-bond donors (Lipinski definition) is 1. The molecule has 5 heteroatoms. The Morgan fingerprint density at radius 1 is 1.22 bits per heavy atom. The van der Waals surface area contributed by atoms with E-state index in [-0.39, 0.29) is 0 Å². The van der Waals surface area contributed by atoms with Crippen LogP contribution in [0.4, 0.5) is 0 Å². The third-order valence-electron chi connectivity index (χ3n) is 2.57. The van der Waals surface area contributed by atoms with Crippen LogP contribution in [0.25, 0.3) is 11.0 Å². The summed E-state index contributed by atoms with van der Waals surface area (Å²) >= 11 is 0. The molecule has 0 fully saturated rings. The Morgan fingerprint density at radius 3 is 2.56 bits per heavy atom. The summed E-state index contributed by atoms with van der Waals surface area (Å²) in [6.45, 7) is 5.01. The third-order valence-corrected chi connectivity index (χ3v) is 2.57. The fourth-order valence-corrected chi connectivity index (χ4v) is 1.76. The Morgan fingerprint density at radius 2 is 1.94 bits per heavy atom. The van der Waals surface area contributed by atoms with Gasteiger partial charge < -0.3 is 19.2 Å². The van der Waals surface area contributed by atoms with Crippen LogP contribution in [0.2, 0.25) is 0 Å². The van der Waals surface area contributed by atoms with Gasteiger partial charge in [-0.05, 0) is 26.0 Å². The summed E-state index contributed by atoms with van der Waals surface area (Å²) in [6.07, 6.45) is -0.446. The van der Waals surface area contributed by atoms with Gasteiger partial charge in [0, 0.05) is 19.3 Å². The Labute approximate surface area is 106 Å². The monoisotopic (exact) mass is 250 g/mol. The number of hydrogen-bond acceptors (Lipinski definition) is 4. The number of ether oxygens (including phenoxy) is 3. The van der Waals surface area contributed by atoms with Crippen molar-refractivity contribution >= 4 is 11.0 Å². The fourth-order valence-electron chi connectivity index (χ4n) is 1.76. The molecule has 0 bridgehead atoms. The first-order valence-electron chi connectivity index (χ1n) is 6.05. The molecule has 0 aliphatic carbocycles. The van der Waals surface area contributed by atoms with Gasteiger partial charge in [-0.15, -0.1) is 0 Å². The smallest absolute Gasteiger partial charge is 0.217 e. The van der Waals surface area contributed by atoms with Crippen molar-refractivity contribution in [3.8, 4) is 5.75 Å². The van der Waals surface area contributed by atoms with Crippen molar-refractivity contribution in [1.29, 1.82) is 0 Å². The molecule has 0 aliphatic heterocycles. The number of rotatable bonds is 6. The lowest BCUT2D eigenvalue weighted by Crippen LogP contribution is -2.10. The highest BCUT2D eigenvalue weighted by Crippen LogP contribution is 2.23. The maximum Gasteiger partial charge on any atom is 0.217 e. The second-order valence-electron chi connectivity index (χ2n) is 3.75. The van der Waals surface area contributed by atoms with Crippen molar-refractivity contribution < 1.29 is 14.2 Å². The van der Waals surface area contributed by atoms with Crippen LogP contribution in [0.15, 0.2) is 18.2 Å². The average molecular weight is 250 g/mol. The molecule has 1 aromatic carbocycles. The molecule has 2 aromatic rings. The highest BCUT2D eigenvalue weighted by atomic mass is 16.7. The number of fused-ring (bicyclic) bond motifs is 1. The normalized spacial score (nSPS) is 11.3. The van der Waals surface area contributed by atoms with Crippen LogP contribution in [-0.4, -0.2) is 30.3 Å². The van der Waals surface area contributed by atoms with E-state index in [9.17, 15) is 0 Å². The van der Waals surface area contributed by atoms with Gasteiger partial charge in [-0.25, -0.2) is 4.98 Å². The molecular formula is C13H18N2O3. The number of nitrogens with zero attached hydrogens (tertiary/aromatic N) is 1. The summed E-state index contributed by atoms with van der Waals surface area (Å²) in [5.41, 5.74) is 1.78. The molecule has 1 N–H and O–H groups in total. The summed E-state index contributed by atoms with van der Waals surface area (Å²) in [5.74, 6) is 1.48. The predicted octanol–water partition coefficient (Wildman–Crippen LogP) is 2.64. The molecule has 1 aromatic heterocycles. The number of methoxy groups -OCH3 is 1. The number of benzene rings is 1. The maximum absolute atomic E-state index is 5.51. The maximum atomic E-state index is 5.51. The van der Waals surface area contributed by atoms with Crippen molar-refractivity contribution in [3.63, 3.8) is 0 Å². The van der Waals surface area contributed by atoms with Crippen molar-refractivity contribution in [2.45, 2.75) is 20.1 Å². The van der Waals surface area contributed by atoms with E-state index in [1.807, 2.05) is 32.0 Å². The minimum absolute atomic E-state index is 0.446. The van der Waals surface area contributed by atoms with Gasteiger partial charge in [-0.1, -0.05) is 0 Å². The molecule has 0 atom stereocenters. The quantitative estimate of drug-likeness (QED) is 0.801. The Bertz CT molecular complexity index is 504. The molecule has 0 spiro atoms. The van der Waals surface area contributed by atoms with Gasteiger partial charge in [0.15, 0.2) is 5.82 Å². The highest BCUT2D eigenvalue weighted by molar-refractivity contribution is 5.76. The number of aromatic nitrogens is 2.